The average Bonchev–Trinajstić information content (AvgIpc) is 2.72. The zero-order valence-electron chi connectivity index (χ0n) is 21.8. The molecule has 30 heavy (non-hydrogen) atoms. The summed E-state index contributed by atoms with van der Waals surface area (Å²) in [6, 6.07) is 0. The molecule has 1 fully saturated rings. The largest absolute Gasteiger partial charge is 0.393 e. The van der Waals surface area contributed by atoms with Crippen LogP contribution >= 0.6 is 0 Å². The van der Waals surface area contributed by atoms with Crippen molar-refractivity contribution in [2.75, 3.05) is 0 Å². The summed E-state index contributed by atoms with van der Waals surface area (Å²) in [5, 5.41) is 21.7. The van der Waals surface area contributed by atoms with E-state index in [1.165, 1.54) is 38.5 Å². The molecule has 1 saturated carbocycles. The second-order valence-electron chi connectivity index (χ2n) is 12.1. The van der Waals surface area contributed by atoms with Crippen molar-refractivity contribution in [3.8, 4) is 0 Å². The summed E-state index contributed by atoms with van der Waals surface area (Å²) >= 11 is 0. The molecule has 0 aromatic rings. The van der Waals surface area contributed by atoms with E-state index in [-0.39, 0.29) is 23.0 Å². The van der Waals surface area contributed by atoms with E-state index in [0.717, 1.165) is 50.4 Å². The molecule has 0 heterocycles. The van der Waals surface area contributed by atoms with Gasteiger partial charge in [-0.25, -0.2) is 0 Å². The van der Waals surface area contributed by atoms with Gasteiger partial charge in [-0.1, -0.05) is 87.5 Å². The number of hydrogen-bond donors (Lipinski definition) is 2. The lowest BCUT2D eigenvalue weighted by molar-refractivity contribution is -0.0434. The van der Waals surface area contributed by atoms with E-state index in [1.807, 2.05) is 0 Å². The van der Waals surface area contributed by atoms with Gasteiger partial charge in [0.1, 0.15) is 0 Å². The minimum atomic E-state index is -0.214. The van der Waals surface area contributed by atoms with Crippen LogP contribution in [0.3, 0.4) is 0 Å². The molecule has 0 radical (unpaired) electrons. The summed E-state index contributed by atoms with van der Waals surface area (Å²) in [6.07, 6.45) is 13.7. The quantitative estimate of drug-likeness (QED) is 0.296. The summed E-state index contributed by atoms with van der Waals surface area (Å²) in [6.45, 7) is 18.2. The van der Waals surface area contributed by atoms with Crippen LogP contribution < -0.4 is 0 Å². The molecule has 0 aromatic heterocycles. The van der Waals surface area contributed by atoms with Gasteiger partial charge in [-0.2, -0.15) is 0 Å². The lowest BCUT2D eigenvalue weighted by Crippen LogP contribution is -2.41. The predicted molar refractivity (Wildman–Crippen MR) is 132 cm³/mol. The fraction of sp³-hybridized carbons (Fsp3) is 1.00. The molecule has 0 bridgehead atoms. The summed E-state index contributed by atoms with van der Waals surface area (Å²) in [4.78, 5) is 0. The van der Waals surface area contributed by atoms with Crippen molar-refractivity contribution in [1.29, 1.82) is 0 Å². The Morgan fingerprint density at radius 3 is 1.93 bits per heavy atom. The van der Waals surface area contributed by atoms with Gasteiger partial charge in [-0.05, 0) is 79.4 Å². The van der Waals surface area contributed by atoms with Crippen molar-refractivity contribution >= 4 is 0 Å². The standard InChI is InChI=1S/C28H56O2/c1-9-23(6)28(10-2,20-15-24-13-11-22(5)12-14-24)26(30)17-19-27(7,8)18-16-25(29)21(3)4/h21-26,29-30H,9-20H2,1-8H3/t22?,23-,24?,25?,26?,28?/m1/s1. The molecule has 1 aliphatic rings. The van der Waals surface area contributed by atoms with Gasteiger partial charge in [0.2, 0.25) is 0 Å². The van der Waals surface area contributed by atoms with Gasteiger partial charge >= 0.3 is 0 Å². The number of aliphatic hydroxyl groups excluding tert-OH is 2. The Bertz CT molecular complexity index is 450. The second-order valence-corrected chi connectivity index (χ2v) is 12.1. The van der Waals surface area contributed by atoms with Gasteiger partial charge in [0.25, 0.3) is 0 Å². The van der Waals surface area contributed by atoms with Crippen LogP contribution in [0, 0.1) is 34.5 Å². The lowest BCUT2D eigenvalue weighted by atomic mass is 9.63. The third-order valence-corrected chi connectivity index (χ3v) is 9.05. The maximum atomic E-state index is 11.5. The molecular formula is C28H56O2. The molecule has 0 saturated heterocycles. The third-order valence-electron chi connectivity index (χ3n) is 9.05. The minimum absolute atomic E-state index is 0.0609. The number of hydrogen-bond acceptors (Lipinski definition) is 2. The molecular weight excluding hydrogens is 368 g/mol. The first-order valence-corrected chi connectivity index (χ1v) is 13.3. The first-order valence-electron chi connectivity index (χ1n) is 13.3. The minimum Gasteiger partial charge on any atom is -0.393 e. The Balaban J connectivity index is 2.71. The Kier molecular flexibility index (Phi) is 12.0. The van der Waals surface area contributed by atoms with E-state index < -0.39 is 0 Å². The van der Waals surface area contributed by atoms with E-state index in [1.54, 1.807) is 0 Å². The first-order chi connectivity index (χ1) is 14.0. The molecule has 0 amide bonds. The summed E-state index contributed by atoms with van der Waals surface area (Å²) in [7, 11) is 0. The zero-order valence-corrected chi connectivity index (χ0v) is 21.8. The van der Waals surface area contributed by atoms with Crippen molar-refractivity contribution in [3.05, 3.63) is 0 Å². The third kappa shape index (κ3) is 8.45. The highest BCUT2D eigenvalue weighted by Gasteiger charge is 2.41. The smallest absolute Gasteiger partial charge is 0.0599 e. The zero-order chi connectivity index (χ0) is 22.9. The highest BCUT2D eigenvalue weighted by atomic mass is 16.3. The highest BCUT2D eigenvalue weighted by molar-refractivity contribution is 4.91. The molecule has 4 atom stereocenters. The fourth-order valence-corrected chi connectivity index (χ4v) is 5.81. The van der Waals surface area contributed by atoms with Crippen molar-refractivity contribution in [3.63, 3.8) is 0 Å². The molecule has 2 N–H and O–H groups in total. The topological polar surface area (TPSA) is 40.5 Å². The fourth-order valence-electron chi connectivity index (χ4n) is 5.81. The Labute approximate surface area is 189 Å². The maximum absolute atomic E-state index is 11.5. The van der Waals surface area contributed by atoms with Crippen LogP contribution in [0.15, 0.2) is 0 Å². The average molecular weight is 425 g/mol. The van der Waals surface area contributed by atoms with E-state index in [4.69, 9.17) is 0 Å². The first kappa shape index (κ1) is 28.0. The molecule has 0 spiro atoms. The molecule has 2 heteroatoms. The van der Waals surface area contributed by atoms with E-state index in [0.29, 0.717) is 11.8 Å². The summed E-state index contributed by atoms with van der Waals surface area (Å²) in [5.41, 5.74) is 0.233. The normalized spacial score (nSPS) is 25.7. The predicted octanol–water partition coefficient (Wildman–Crippen LogP) is 8.00. The second kappa shape index (κ2) is 12.8. The van der Waals surface area contributed by atoms with Crippen LogP contribution in [0.2, 0.25) is 0 Å². The molecule has 3 unspecified atom stereocenters. The summed E-state index contributed by atoms with van der Waals surface area (Å²) in [5.74, 6) is 2.67. The van der Waals surface area contributed by atoms with E-state index in [2.05, 4.69) is 55.4 Å². The molecule has 0 aliphatic heterocycles. The SMILES string of the molecule is CC[C@@H](C)C(CC)(CCC1CCC(C)CC1)C(O)CCC(C)(C)CCC(O)C(C)C. The Hall–Kier alpha value is -0.0800. The van der Waals surface area contributed by atoms with Gasteiger partial charge in [0.05, 0.1) is 12.2 Å². The van der Waals surface area contributed by atoms with Gasteiger partial charge in [0, 0.05) is 0 Å². The molecule has 180 valence electrons. The molecule has 1 aliphatic carbocycles. The maximum Gasteiger partial charge on any atom is 0.0599 e. The van der Waals surface area contributed by atoms with Crippen LogP contribution in [0.5, 0.6) is 0 Å². The van der Waals surface area contributed by atoms with Gasteiger partial charge in [0.15, 0.2) is 0 Å². The molecule has 2 nitrogen and oxygen atoms in total. The molecule has 0 aromatic carbocycles. The van der Waals surface area contributed by atoms with Gasteiger partial charge < -0.3 is 10.2 Å². The van der Waals surface area contributed by atoms with Gasteiger partial charge in [-0.15, -0.1) is 0 Å². The van der Waals surface area contributed by atoms with Gasteiger partial charge in [-0.3, -0.25) is 0 Å². The van der Waals surface area contributed by atoms with Crippen LogP contribution in [0.4, 0.5) is 0 Å². The molecule has 1 rings (SSSR count). The lowest BCUT2D eigenvalue weighted by Gasteiger charge is -2.44. The number of rotatable bonds is 14. The van der Waals surface area contributed by atoms with Crippen LogP contribution in [0.25, 0.3) is 0 Å². The Morgan fingerprint density at radius 1 is 0.867 bits per heavy atom. The van der Waals surface area contributed by atoms with E-state index in [9.17, 15) is 10.2 Å². The monoisotopic (exact) mass is 424 g/mol. The van der Waals surface area contributed by atoms with Crippen LogP contribution in [0.1, 0.15) is 132 Å². The highest BCUT2D eigenvalue weighted by Crippen LogP contribution is 2.46. The van der Waals surface area contributed by atoms with Crippen molar-refractivity contribution in [2.45, 2.75) is 145 Å². The van der Waals surface area contributed by atoms with Crippen molar-refractivity contribution < 1.29 is 10.2 Å². The van der Waals surface area contributed by atoms with Crippen molar-refractivity contribution in [1.82, 2.24) is 0 Å². The van der Waals surface area contributed by atoms with Crippen LogP contribution in [-0.2, 0) is 0 Å². The van der Waals surface area contributed by atoms with E-state index >= 15 is 0 Å². The number of aliphatic hydroxyl groups is 2. The van der Waals surface area contributed by atoms with Crippen molar-refractivity contribution in [2.24, 2.45) is 34.5 Å². The summed E-state index contributed by atoms with van der Waals surface area (Å²) < 4.78 is 0. The Morgan fingerprint density at radius 2 is 1.43 bits per heavy atom. The van der Waals surface area contributed by atoms with Crippen LogP contribution in [-0.4, -0.2) is 22.4 Å².